The third kappa shape index (κ3) is 3.20. The molecule has 0 aromatic heterocycles. The van der Waals surface area contributed by atoms with Crippen molar-refractivity contribution in [1.29, 1.82) is 0 Å². The van der Waals surface area contributed by atoms with E-state index in [-0.39, 0.29) is 5.84 Å². The van der Waals surface area contributed by atoms with Gasteiger partial charge in [-0.15, -0.1) is 0 Å². The fourth-order valence-corrected chi connectivity index (χ4v) is 1.75. The van der Waals surface area contributed by atoms with E-state index in [1.807, 2.05) is 24.3 Å². The fraction of sp³-hybridized carbons (Fsp3) is 0.462. The molecule has 0 atom stereocenters. The molecule has 0 aliphatic heterocycles. The first-order valence-corrected chi connectivity index (χ1v) is 5.90. The average molecular weight is 233 g/mol. The van der Waals surface area contributed by atoms with E-state index in [1.54, 1.807) is 0 Å². The van der Waals surface area contributed by atoms with Gasteiger partial charge in [0.2, 0.25) is 0 Å². The van der Waals surface area contributed by atoms with Crippen LogP contribution in [0.4, 0.5) is 0 Å². The molecular formula is C13H19N3O. The van der Waals surface area contributed by atoms with Crippen molar-refractivity contribution in [1.82, 2.24) is 5.32 Å². The van der Waals surface area contributed by atoms with Gasteiger partial charge in [0, 0.05) is 18.7 Å². The zero-order valence-corrected chi connectivity index (χ0v) is 10.1. The summed E-state index contributed by atoms with van der Waals surface area (Å²) in [5.74, 6) is 0.148. The molecule has 1 aliphatic carbocycles. The molecule has 0 bridgehead atoms. The minimum Gasteiger partial charge on any atom is -0.409 e. The molecule has 4 N–H and O–H groups in total. The number of hydrogen-bond donors (Lipinski definition) is 3. The molecule has 0 amide bonds. The van der Waals surface area contributed by atoms with Gasteiger partial charge in [-0.2, -0.15) is 0 Å². The van der Waals surface area contributed by atoms with Gasteiger partial charge < -0.3 is 16.3 Å². The van der Waals surface area contributed by atoms with Crippen molar-refractivity contribution in [2.45, 2.75) is 26.3 Å². The van der Waals surface area contributed by atoms with E-state index in [4.69, 9.17) is 10.9 Å². The zero-order valence-electron chi connectivity index (χ0n) is 10.1. The molecule has 0 radical (unpaired) electrons. The molecule has 0 saturated heterocycles. The lowest BCUT2D eigenvalue weighted by Gasteiger charge is -2.10. The van der Waals surface area contributed by atoms with Crippen LogP contribution in [0.25, 0.3) is 0 Å². The summed E-state index contributed by atoms with van der Waals surface area (Å²) in [6, 6.07) is 7.72. The zero-order chi connectivity index (χ0) is 12.3. The van der Waals surface area contributed by atoms with Crippen LogP contribution in [-0.4, -0.2) is 17.6 Å². The van der Waals surface area contributed by atoms with E-state index in [0.29, 0.717) is 5.41 Å². The Morgan fingerprint density at radius 1 is 1.41 bits per heavy atom. The van der Waals surface area contributed by atoms with Crippen molar-refractivity contribution in [2.75, 3.05) is 6.54 Å². The largest absolute Gasteiger partial charge is 0.409 e. The number of benzene rings is 1. The molecular weight excluding hydrogens is 214 g/mol. The van der Waals surface area contributed by atoms with Crippen LogP contribution in [0.1, 0.15) is 30.9 Å². The fourth-order valence-electron chi connectivity index (χ4n) is 1.75. The van der Waals surface area contributed by atoms with E-state index in [2.05, 4.69) is 17.4 Å². The Hall–Kier alpha value is -1.55. The van der Waals surface area contributed by atoms with Crippen LogP contribution in [0.15, 0.2) is 29.4 Å². The van der Waals surface area contributed by atoms with Gasteiger partial charge in [-0.3, -0.25) is 0 Å². The van der Waals surface area contributed by atoms with Crippen LogP contribution in [0.5, 0.6) is 0 Å². The lowest BCUT2D eigenvalue weighted by molar-refractivity contribution is 0.318. The second kappa shape index (κ2) is 4.75. The Morgan fingerprint density at radius 2 is 2.06 bits per heavy atom. The topological polar surface area (TPSA) is 70.6 Å². The molecule has 1 fully saturated rings. The van der Waals surface area contributed by atoms with Crippen LogP contribution in [0.2, 0.25) is 0 Å². The molecule has 0 spiro atoms. The summed E-state index contributed by atoms with van der Waals surface area (Å²) in [7, 11) is 0. The first kappa shape index (κ1) is 11.9. The van der Waals surface area contributed by atoms with Gasteiger partial charge in [0.15, 0.2) is 5.84 Å². The molecule has 1 aliphatic rings. The monoisotopic (exact) mass is 233 g/mol. The summed E-state index contributed by atoms with van der Waals surface area (Å²) in [6.45, 7) is 4.25. The highest BCUT2D eigenvalue weighted by Crippen LogP contribution is 2.44. The molecule has 0 unspecified atom stereocenters. The maximum atomic E-state index is 8.55. The highest BCUT2D eigenvalue weighted by molar-refractivity contribution is 5.96. The Kier molecular flexibility index (Phi) is 3.33. The van der Waals surface area contributed by atoms with Gasteiger partial charge in [-0.1, -0.05) is 36.3 Å². The van der Waals surface area contributed by atoms with Crippen molar-refractivity contribution in [3.63, 3.8) is 0 Å². The van der Waals surface area contributed by atoms with Crippen molar-refractivity contribution in [3.05, 3.63) is 35.4 Å². The van der Waals surface area contributed by atoms with E-state index in [9.17, 15) is 0 Å². The molecule has 0 heterocycles. The van der Waals surface area contributed by atoms with Gasteiger partial charge in [0.05, 0.1) is 0 Å². The molecule has 1 aromatic rings. The van der Waals surface area contributed by atoms with E-state index in [1.165, 1.54) is 18.4 Å². The van der Waals surface area contributed by atoms with Crippen LogP contribution in [0.3, 0.4) is 0 Å². The van der Waals surface area contributed by atoms with E-state index in [0.717, 1.165) is 18.7 Å². The number of hydrogen-bond acceptors (Lipinski definition) is 3. The van der Waals surface area contributed by atoms with E-state index >= 15 is 0 Å². The molecule has 17 heavy (non-hydrogen) atoms. The number of amidine groups is 1. The standard InChI is InChI=1S/C13H19N3O/c1-13(6-7-13)9-15-8-10-2-4-11(5-3-10)12(14)16-17/h2-5,15,17H,6-9H2,1H3,(H2,14,16). The highest BCUT2D eigenvalue weighted by atomic mass is 16.4. The van der Waals surface area contributed by atoms with Crippen molar-refractivity contribution in [2.24, 2.45) is 16.3 Å². The van der Waals surface area contributed by atoms with Gasteiger partial charge in [0.1, 0.15) is 0 Å². The minimum atomic E-state index is 0.148. The van der Waals surface area contributed by atoms with E-state index < -0.39 is 0 Å². The molecule has 4 heteroatoms. The first-order valence-electron chi connectivity index (χ1n) is 5.90. The average Bonchev–Trinajstić information content (AvgIpc) is 3.07. The van der Waals surface area contributed by atoms with Gasteiger partial charge in [0.25, 0.3) is 0 Å². The molecule has 1 aromatic carbocycles. The summed E-state index contributed by atoms with van der Waals surface area (Å²) in [6.07, 6.45) is 2.67. The van der Waals surface area contributed by atoms with Crippen LogP contribution < -0.4 is 11.1 Å². The van der Waals surface area contributed by atoms with Crippen LogP contribution >= 0.6 is 0 Å². The number of nitrogens with two attached hydrogens (primary N) is 1. The molecule has 1 saturated carbocycles. The number of oxime groups is 1. The third-order valence-electron chi connectivity index (χ3n) is 3.34. The number of nitrogens with zero attached hydrogens (tertiary/aromatic N) is 1. The maximum Gasteiger partial charge on any atom is 0.170 e. The summed E-state index contributed by atoms with van der Waals surface area (Å²) < 4.78 is 0. The van der Waals surface area contributed by atoms with Gasteiger partial charge in [-0.05, 0) is 23.8 Å². The summed E-state index contributed by atoms with van der Waals surface area (Å²) in [5.41, 5.74) is 7.98. The summed E-state index contributed by atoms with van der Waals surface area (Å²) in [4.78, 5) is 0. The number of rotatable bonds is 5. The predicted molar refractivity (Wildman–Crippen MR) is 68.0 cm³/mol. The van der Waals surface area contributed by atoms with Crippen molar-refractivity contribution in [3.8, 4) is 0 Å². The van der Waals surface area contributed by atoms with Crippen molar-refractivity contribution >= 4 is 5.84 Å². The normalized spacial score (nSPS) is 18.1. The Bertz CT molecular complexity index is 407. The maximum absolute atomic E-state index is 8.55. The smallest absolute Gasteiger partial charge is 0.170 e. The SMILES string of the molecule is CC1(CNCc2ccc(/C(N)=N/O)cc2)CC1. The van der Waals surface area contributed by atoms with Crippen LogP contribution in [-0.2, 0) is 6.54 Å². The van der Waals surface area contributed by atoms with Gasteiger partial charge >= 0.3 is 0 Å². The summed E-state index contributed by atoms with van der Waals surface area (Å²) in [5, 5.41) is 15.0. The summed E-state index contributed by atoms with van der Waals surface area (Å²) >= 11 is 0. The van der Waals surface area contributed by atoms with Crippen LogP contribution in [0, 0.1) is 5.41 Å². The second-order valence-corrected chi connectivity index (χ2v) is 5.10. The van der Waals surface area contributed by atoms with Crippen molar-refractivity contribution < 1.29 is 5.21 Å². The molecule has 4 nitrogen and oxygen atoms in total. The Morgan fingerprint density at radius 3 is 2.59 bits per heavy atom. The lowest BCUT2D eigenvalue weighted by Crippen LogP contribution is -2.21. The first-order chi connectivity index (χ1) is 8.13. The highest BCUT2D eigenvalue weighted by Gasteiger charge is 2.36. The predicted octanol–water partition coefficient (Wildman–Crippen LogP) is 1.67. The second-order valence-electron chi connectivity index (χ2n) is 5.10. The quantitative estimate of drug-likeness (QED) is 0.313. The molecule has 2 rings (SSSR count). The van der Waals surface area contributed by atoms with Gasteiger partial charge in [-0.25, -0.2) is 0 Å². The lowest BCUT2D eigenvalue weighted by atomic mass is 10.1. The minimum absolute atomic E-state index is 0.148. The molecule has 92 valence electrons. The Balaban J connectivity index is 1.85. The number of nitrogens with one attached hydrogen (secondary N) is 1. The Labute approximate surface area is 102 Å². The third-order valence-corrected chi connectivity index (χ3v) is 3.34.